The lowest BCUT2D eigenvalue weighted by Crippen LogP contribution is -2.47. The standard InChI is InChI=1S/C16H25N3OS.HI/c1-17-16(18-10-13-21-2)19-11-8-15(9-12-19)20-14-6-4-3-5-7-14;/h3-7,15H,8-13H2,1-2H3,(H,17,18);1H. The van der Waals surface area contributed by atoms with Crippen LogP contribution in [0.1, 0.15) is 12.8 Å². The Morgan fingerprint density at radius 1 is 1.32 bits per heavy atom. The molecule has 2 rings (SSSR count). The number of guanidine groups is 1. The molecule has 1 aliphatic rings. The molecule has 1 aromatic rings. The Bertz CT molecular complexity index is 436. The summed E-state index contributed by atoms with van der Waals surface area (Å²) in [5, 5.41) is 3.42. The van der Waals surface area contributed by atoms with Gasteiger partial charge in [-0.1, -0.05) is 18.2 Å². The zero-order valence-electron chi connectivity index (χ0n) is 13.3. The highest BCUT2D eigenvalue weighted by Gasteiger charge is 2.22. The number of nitrogens with one attached hydrogen (secondary N) is 1. The molecule has 0 radical (unpaired) electrons. The van der Waals surface area contributed by atoms with Crippen LogP contribution in [0.25, 0.3) is 0 Å². The predicted octanol–water partition coefficient (Wildman–Crippen LogP) is 3.09. The van der Waals surface area contributed by atoms with Crippen LogP contribution < -0.4 is 10.1 Å². The second-order valence-electron chi connectivity index (χ2n) is 5.08. The van der Waals surface area contributed by atoms with E-state index in [1.165, 1.54) is 0 Å². The van der Waals surface area contributed by atoms with Crippen molar-refractivity contribution in [3.05, 3.63) is 30.3 Å². The number of likely N-dealkylation sites (tertiary alicyclic amines) is 1. The van der Waals surface area contributed by atoms with E-state index in [-0.39, 0.29) is 24.0 Å². The number of hydrogen-bond donors (Lipinski definition) is 1. The molecule has 0 amide bonds. The lowest BCUT2D eigenvalue weighted by atomic mass is 10.1. The van der Waals surface area contributed by atoms with E-state index in [0.717, 1.165) is 49.9 Å². The average Bonchev–Trinajstić information content (AvgIpc) is 2.54. The normalized spacial score (nSPS) is 16.1. The largest absolute Gasteiger partial charge is 0.490 e. The fourth-order valence-electron chi connectivity index (χ4n) is 2.47. The van der Waals surface area contributed by atoms with Crippen molar-refractivity contribution < 1.29 is 4.74 Å². The summed E-state index contributed by atoms with van der Waals surface area (Å²) in [6, 6.07) is 10.1. The molecule has 1 aliphatic heterocycles. The fraction of sp³-hybridized carbons (Fsp3) is 0.562. The lowest BCUT2D eigenvalue weighted by Gasteiger charge is -2.34. The third-order valence-corrected chi connectivity index (χ3v) is 4.20. The summed E-state index contributed by atoms with van der Waals surface area (Å²) in [6.07, 6.45) is 4.51. The van der Waals surface area contributed by atoms with Gasteiger partial charge in [-0.2, -0.15) is 11.8 Å². The van der Waals surface area contributed by atoms with Gasteiger partial charge in [0, 0.05) is 45.3 Å². The summed E-state index contributed by atoms with van der Waals surface area (Å²) < 4.78 is 6.03. The van der Waals surface area contributed by atoms with Crippen LogP contribution in [-0.4, -0.2) is 55.7 Å². The van der Waals surface area contributed by atoms with Gasteiger partial charge in [-0.3, -0.25) is 4.99 Å². The third-order valence-electron chi connectivity index (χ3n) is 3.59. The van der Waals surface area contributed by atoms with Crippen LogP contribution in [0.4, 0.5) is 0 Å². The third kappa shape index (κ3) is 6.24. The van der Waals surface area contributed by atoms with Gasteiger partial charge in [0.05, 0.1) is 0 Å². The maximum atomic E-state index is 6.03. The van der Waals surface area contributed by atoms with E-state index in [1.807, 2.05) is 49.1 Å². The molecule has 0 saturated carbocycles. The van der Waals surface area contributed by atoms with Gasteiger partial charge >= 0.3 is 0 Å². The second kappa shape index (κ2) is 11.0. The Morgan fingerprint density at radius 3 is 2.59 bits per heavy atom. The Balaban J connectivity index is 0.00000242. The van der Waals surface area contributed by atoms with Gasteiger partial charge in [0.25, 0.3) is 0 Å². The van der Waals surface area contributed by atoms with Gasteiger partial charge in [-0.25, -0.2) is 0 Å². The van der Waals surface area contributed by atoms with Crippen LogP contribution in [0.15, 0.2) is 35.3 Å². The summed E-state index contributed by atoms with van der Waals surface area (Å²) in [7, 11) is 1.86. The Labute approximate surface area is 155 Å². The minimum atomic E-state index is 0. The molecule has 1 N–H and O–H groups in total. The maximum Gasteiger partial charge on any atom is 0.193 e. The number of aliphatic imine (C=N–C) groups is 1. The van der Waals surface area contributed by atoms with Gasteiger partial charge in [0.1, 0.15) is 11.9 Å². The topological polar surface area (TPSA) is 36.9 Å². The molecule has 0 atom stereocenters. The first-order chi connectivity index (χ1) is 10.3. The van der Waals surface area contributed by atoms with E-state index in [1.54, 1.807) is 0 Å². The summed E-state index contributed by atoms with van der Waals surface area (Å²) in [6.45, 7) is 2.96. The van der Waals surface area contributed by atoms with Crippen LogP contribution >= 0.6 is 35.7 Å². The van der Waals surface area contributed by atoms with E-state index in [0.29, 0.717) is 6.10 Å². The van der Waals surface area contributed by atoms with Crippen molar-refractivity contribution in [1.29, 1.82) is 0 Å². The van der Waals surface area contributed by atoms with Gasteiger partial charge in [-0.15, -0.1) is 24.0 Å². The molecule has 0 spiro atoms. The molecule has 1 fully saturated rings. The number of nitrogens with zero attached hydrogens (tertiary/aromatic N) is 2. The molecular formula is C16H26IN3OS. The van der Waals surface area contributed by atoms with Crippen LogP contribution in [0.5, 0.6) is 5.75 Å². The second-order valence-corrected chi connectivity index (χ2v) is 6.07. The number of benzene rings is 1. The van der Waals surface area contributed by atoms with E-state index < -0.39 is 0 Å². The number of halogens is 1. The highest BCUT2D eigenvalue weighted by atomic mass is 127. The van der Waals surface area contributed by atoms with Crippen LogP contribution in [0.2, 0.25) is 0 Å². The zero-order valence-corrected chi connectivity index (χ0v) is 16.5. The Morgan fingerprint density at radius 2 is 2.00 bits per heavy atom. The molecule has 0 unspecified atom stereocenters. The van der Waals surface area contributed by atoms with Crippen molar-refractivity contribution >= 4 is 41.7 Å². The SMILES string of the molecule is CN=C(NCCSC)N1CCC(Oc2ccccc2)CC1.I. The molecule has 124 valence electrons. The van der Waals surface area contributed by atoms with Crippen LogP contribution in [0, 0.1) is 0 Å². The number of para-hydroxylation sites is 1. The van der Waals surface area contributed by atoms with Gasteiger partial charge in [0.2, 0.25) is 0 Å². The lowest BCUT2D eigenvalue weighted by molar-refractivity contribution is 0.129. The van der Waals surface area contributed by atoms with Crippen molar-refractivity contribution in [1.82, 2.24) is 10.2 Å². The molecule has 0 bridgehead atoms. The molecule has 0 aliphatic carbocycles. The van der Waals surface area contributed by atoms with Crippen LogP contribution in [0.3, 0.4) is 0 Å². The minimum absolute atomic E-state index is 0. The number of rotatable bonds is 5. The monoisotopic (exact) mass is 435 g/mol. The molecule has 1 saturated heterocycles. The van der Waals surface area contributed by atoms with Crippen molar-refractivity contribution in [2.24, 2.45) is 4.99 Å². The molecule has 1 aromatic carbocycles. The summed E-state index contributed by atoms with van der Waals surface area (Å²) in [4.78, 5) is 6.70. The smallest absolute Gasteiger partial charge is 0.193 e. The molecule has 4 nitrogen and oxygen atoms in total. The Kier molecular flexibility index (Phi) is 9.70. The van der Waals surface area contributed by atoms with Crippen LogP contribution in [-0.2, 0) is 0 Å². The first-order valence-electron chi connectivity index (χ1n) is 7.49. The zero-order chi connectivity index (χ0) is 14.9. The summed E-state index contributed by atoms with van der Waals surface area (Å²) >= 11 is 1.85. The highest BCUT2D eigenvalue weighted by Crippen LogP contribution is 2.18. The summed E-state index contributed by atoms with van der Waals surface area (Å²) in [5.41, 5.74) is 0. The maximum absolute atomic E-state index is 6.03. The van der Waals surface area contributed by atoms with Crippen molar-refractivity contribution in [2.75, 3.05) is 38.7 Å². The molecule has 22 heavy (non-hydrogen) atoms. The minimum Gasteiger partial charge on any atom is -0.490 e. The van der Waals surface area contributed by atoms with Crippen molar-refractivity contribution in [3.8, 4) is 5.75 Å². The highest BCUT2D eigenvalue weighted by molar-refractivity contribution is 14.0. The number of hydrogen-bond acceptors (Lipinski definition) is 3. The van der Waals surface area contributed by atoms with Gasteiger partial charge in [-0.05, 0) is 18.4 Å². The summed E-state index contributed by atoms with van der Waals surface area (Å²) in [5.74, 6) is 3.09. The van der Waals surface area contributed by atoms with Crippen molar-refractivity contribution in [3.63, 3.8) is 0 Å². The molecule has 1 heterocycles. The van der Waals surface area contributed by atoms with E-state index in [9.17, 15) is 0 Å². The van der Waals surface area contributed by atoms with E-state index in [4.69, 9.17) is 4.74 Å². The molecule has 6 heteroatoms. The fourth-order valence-corrected chi connectivity index (χ4v) is 2.78. The molecular weight excluding hydrogens is 409 g/mol. The quantitative estimate of drug-likeness (QED) is 0.334. The number of ether oxygens (including phenoxy) is 1. The van der Waals surface area contributed by atoms with Gasteiger partial charge < -0.3 is 15.0 Å². The van der Waals surface area contributed by atoms with Gasteiger partial charge in [0.15, 0.2) is 5.96 Å². The molecule has 0 aromatic heterocycles. The van der Waals surface area contributed by atoms with Crippen molar-refractivity contribution in [2.45, 2.75) is 18.9 Å². The predicted molar refractivity (Wildman–Crippen MR) is 107 cm³/mol. The number of thioether (sulfide) groups is 1. The first kappa shape index (κ1) is 19.4. The van der Waals surface area contributed by atoms with E-state index >= 15 is 0 Å². The Hall–Kier alpha value is -0.630. The number of piperidine rings is 1. The first-order valence-corrected chi connectivity index (χ1v) is 8.89. The van der Waals surface area contributed by atoms with E-state index in [2.05, 4.69) is 21.5 Å². The average molecular weight is 435 g/mol.